The van der Waals surface area contributed by atoms with E-state index in [9.17, 15) is 19.2 Å². The molecule has 10 heteroatoms. The zero-order chi connectivity index (χ0) is 34.2. The lowest BCUT2D eigenvalue weighted by Gasteiger charge is -2.44. The number of aryl methyl sites for hydroxylation is 1. The van der Waals surface area contributed by atoms with Crippen LogP contribution in [0.1, 0.15) is 91.5 Å². The van der Waals surface area contributed by atoms with Gasteiger partial charge < -0.3 is 25.0 Å². The van der Waals surface area contributed by atoms with Gasteiger partial charge in [-0.25, -0.2) is 9.59 Å². The fourth-order valence-electron chi connectivity index (χ4n) is 4.58. The molecule has 3 unspecified atom stereocenters. The van der Waals surface area contributed by atoms with E-state index in [1.54, 1.807) is 53.7 Å². The molecule has 0 aliphatic rings. The zero-order valence-corrected chi connectivity index (χ0v) is 29.3. The zero-order valence-electron chi connectivity index (χ0n) is 28.4. The molecule has 0 bridgehead atoms. The third kappa shape index (κ3) is 11.7. The molecular weight excluding hydrogens is 590 g/mol. The van der Waals surface area contributed by atoms with Crippen LogP contribution in [-0.4, -0.2) is 63.4 Å². The average Bonchev–Trinajstić information content (AvgIpc) is 2.93. The van der Waals surface area contributed by atoms with Crippen LogP contribution in [0.25, 0.3) is 0 Å². The van der Waals surface area contributed by atoms with Crippen molar-refractivity contribution < 1.29 is 28.7 Å². The van der Waals surface area contributed by atoms with Gasteiger partial charge in [-0.3, -0.25) is 9.59 Å². The van der Waals surface area contributed by atoms with E-state index in [2.05, 4.69) is 23.3 Å². The predicted octanol–water partition coefficient (Wildman–Crippen LogP) is 5.95. The van der Waals surface area contributed by atoms with Crippen molar-refractivity contribution in [1.82, 2.24) is 15.5 Å². The second kappa shape index (κ2) is 15.7. The highest BCUT2D eigenvalue weighted by Gasteiger charge is 2.44. The molecule has 248 valence electrons. The van der Waals surface area contributed by atoms with Gasteiger partial charge in [-0.15, -0.1) is 0 Å². The quantitative estimate of drug-likeness (QED) is 0.195. The Bertz CT molecular complexity index is 1300. The molecular formula is C35H51N3O6S. The van der Waals surface area contributed by atoms with Gasteiger partial charge in [0.1, 0.15) is 29.3 Å². The van der Waals surface area contributed by atoms with Crippen LogP contribution in [0.15, 0.2) is 54.6 Å². The molecule has 0 heterocycles. The first-order valence-corrected chi connectivity index (χ1v) is 16.0. The highest BCUT2D eigenvalue weighted by atomic mass is 32.1. The van der Waals surface area contributed by atoms with E-state index >= 15 is 0 Å². The number of carbonyl (C=O) groups is 4. The summed E-state index contributed by atoms with van der Waals surface area (Å²) in [5, 5.41) is 5.56. The maximum atomic E-state index is 14.5. The highest BCUT2D eigenvalue weighted by Crippen LogP contribution is 2.33. The van der Waals surface area contributed by atoms with Gasteiger partial charge in [0.15, 0.2) is 0 Å². The van der Waals surface area contributed by atoms with Gasteiger partial charge in [0, 0.05) is 17.7 Å². The highest BCUT2D eigenvalue weighted by molar-refractivity contribution is 7.80. The molecule has 3 atom stereocenters. The second-order valence-electron chi connectivity index (χ2n) is 13.9. The summed E-state index contributed by atoms with van der Waals surface area (Å²) < 4.78 is 11.1. The van der Waals surface area contributed by atoms with Crippen molar-refractivity contribution in [2.75, 3.05) is 5.75 Å². The predicted molar refractivity (Wildman–Crippen MR) is 180 cm³/mol. The maximum absolute atomic E-state index is 14.5. The first kappa shape index (κ1) is 37.7. The summed E-state index contributed by atoms with van der Waals surface area (Å²) in [6, 6.07) is 13.4. The lowest BCUT2D eigenvalue weighted by Crippen LogP contribution is -2.60. The van der Waals surface area contributed by atoms with Gasteiger partial charge in [0.25, 0.3) is 0 Å². The SMILES string of the molecule is CCC(C)(C)N(C(=O)C(CS)NC(=O)OC(C)(C)C)C(C(=O)NC(Cc1ccccc1)C(=O)OC(C)(C)C)c1ccc(C)cc1. The molecule has 2 rings (SSSR count). The summed E-state index contributed by atoms with van der Waals surface area (Å²) in [7, 11) is 0. The van der Waals surface area contributed by atoms with Gasteiger partial charge in [-0.1, -0.05) is 67.1 Å². The van der Waals surface area contributed by atoms with Crippen molar-refractivity contribution in [1.29, 1.82) is 0 Å². The van der Waals surface area contributed by atoms with E-state index in [0.717, 1.165) is 11.1 Å². The third-order valence-corrected chi connectivity index (χ3v) is 7.48. The Morgan fingerprint density at radius 2 is 1.36 bits per heavy atom. The van der Waals surface area contributed by atoms with Gasteiger partial charge in [-0.05, 0) is 79.9 Å². The van der Waals surface area contributed by atoms with Crippen LogP contribution in [0.5, 0.6) is 0 Å². The van der Waals surface area contributed by atoms with Gasteiger partial charge in [-0.2, -0.15) is 12.6 Å². The van der Waals surface area contributed by atoms with Crippen LogP contribution in [0.2, 0.25) is 0 Å². The number of ether oxygens (including phenoxy) is 2. The van der Waals surface area contributed by atoms with Crippen LogP contribution in [-0.2, 0) is 30.3 Å². The van der Waals surface area contributed by atoms with E-state index in [-0.39, 0.29) is 12.2 Å². The third-order valence-electron chi connectivity index (χ3n) is 7.12. The fraction of sp³-hybridized carbons (Fsp3) is 0.543. The standard InChI is InChI=1S/C35H51N3O6S/c1-11-35(9,10)38(30(40)27(22-45)37-32(42)44-34(6,7)8)28(25-19-17-23(2)18-20-25)29(39)36-26(31(41)43-33(3,4)5)21-24-15-13-12-14-16-24/h12-20,26-28,45H,11,21-22H2,1-10H3,(H,36,39)(H,37,42). The Morgan fingerprint density at radius 3 is 1.84 bits per heavy atom. The Kier molecular flexibility index (Phi) is 13.1. The number of hydrogen-bond donors (Lipinski definition) is 3. The van der Waals surface area contributed by atoms with Crippen molar-refractivity contribution >= 4 is 36.5 Å². The van der Waals surface area contributed by atoms with Crippen molar-refractivity contribution in [2.45, 2.75) is 117 Å². The van der Waals surface area contributed by atoms with Crippen molar-refractivity contribution in [3.05, 3.63) is 71.3 Å². The molecule has 0 aliphatic carbocycles. The Hall–Kier alpha value is -3.53. The number of carbonyl (C=O) groups excluding carboxylic acids is 4. The van der Waals surface area contributed by atoms with E-state index in [0.29, 0.717) is 12.0 Å². The van der Waals surface area contributed by atoms with Crippen molar-refractivity contribution in [3.8, 4) is 0 Å². The van der Waals surface area contributed by atoms with Gasteiger partial charge in [0.2, 0.25) is 11.8 Å². The molecule has 0 saturated heterocycles. The lowest BCUT2D eigenvalue weighted by molar-refractivity contribution is -0.159. The number of nitrogens with zero attached hydrogens (tertiary/aromatic N) is 1. The molecule has 9 nitrogen and oxygen atoms in total. The summed E-state index contributed by atoms with van der Waals surface area (Å²) in [4.78, 5) is 56.6. The Balaban J connectivity index is 2.63. The Morgan fingerprint density at radius 1 is 0.800 bits per heavy atom. The van der Waals surface area contributed by atoms with Crippen LogP contribution >= 0.6 is 12.6 Å². The number of esters is 1. The molecule has 3 amide bonds. The largest absolute Gasteiger partial charge is 0.458 e. The molecule has 0 aliphatic heterocycles. The number of hydrogen-bond acceptors (Lipinski definition) is 7. The summed E-state index contributed by atoms with van der Waals surface area (Å²) >= 11 is 4.38. The number of benzene rings is 2. The summed E-state index contributed by atoms with van der Waals surface area (Å²) in [5.74, 6) is -1.70. The molecule has 0 fully saturated rings. The minimum Gasteiger partial charge on any atom is -0.458 e. The topological polar surface area (TPSA) is 114 Å². The summed E-state index contributed by atoms with van der Waals surface area (Å²) in [6.45, 7) is 18.0. The molecule has 2 aromatic rings. The van der Waals surface area contributed by atoms with E-state index in [1.165, 1.54) is 4.90 Å². The number of thiol groups is 1. The first-order valence-electron chi connectivity index (χ1n) is 15.3. The maximum Gasteiger partial charge on any atom is 0.408 e. The molecule has 0 spiro atoms. The summed E-state index contributed by atoms with van der Waals surface area (Å²) in [6.07, 6.45) is -0.0971. The number of rotatable bonds is 12. The number of amides is 3. The smallest absolute Gasteiger partial charge is 0.408 e. The second-order valence-corrected chi connectivity index (χ2v) is 14.2. The molecule has 45 heavy (non-hydrogen) atoms. The average molecular weight is 642 g/mol. The van der Waals surface area contributed by atoms with E-state index < -0.39 is 58.7 Å². The minimum atomic E-state index is -1.16. The number of nitrogens with one attached hydrogen (secondary N) is 2. The lowest BCUT2D eigenvalue weighted by atomic mass is 9.91. The monoisotopic (exact) mass is 641 g/mol. The normalized spacial score (nSPS) is 14.0. The molecule has 0 aromatic heterocycles. The Labute approximate surface area is 274 Å². The van der Waals surface area contributed by atoms with Crippen LogP contribution in [0, 0.1) is 6.92 Å². The molecule has 0 radical (unpaired) electrons. The van der Waals surface area contributed by atoms with Gasteiger partial charge in [0.05, 0.1) is 0 Å². The molecule has 0 saturated carbocycles. The van der Waals surface area contributed by atoms with Crippen LogP contribution in [0.3, 0.4) is 0 Å². The molecule has 2 N–H and O–H groups in total. The van der Waals surface area contributed by atoms with Crippen molar-refractivity contribution in [3.63, 3.8) is 0 Å². The number of alkyl carbamates (subject to hydrolysis) is 1. The molecule has 2 aromatic carbocycles. The summed E-state index contributed by atoms with van der Waals surface area (Å²) in [5.41, 5.74) is -0.0734. The van der Waals surface area contributed by atoms with E-state index in [4.69, 9.17) is 9.47 Å². The first-order chi connectivity index (χ1) is 20.8. The van der Waals surface area contributed by atoms with Crippen LogP contribution < -0.4 is 10.6 Å². The minimum absolute atomic E-state index is 0.0366. The van der Waals surface area contributed by atoms with Gasteiger partial charge >= 0.3 is 12.1 Å². The fourth-order valence-corrected chi connectivity index (χ4v) is 4.83. The van der Waals surface area contributed by atoms with E-state index in [1.807, 2.05) is 70.2 Å². The van der Waals surface area contributed by atoms with Crippen molar-refractivity contribution in [2.24, 2.45) is 0 Å². The van der Waals surface area contributed by atoms with Crippen LogP contribution in [0.4, 0.5) is 4.79 Å².